The third-order valence-corrected chi connectivity index (χ3v) is 6.90. The van der Waals surface area contributed by atoms with Crippen LogP contribution < -0.4 is 14.0 Å². The average Bonchev–Trinajstić information content (AvgIpc) is 2.62. The molecule has 1 saturated carbocycles. The molecule has 3 rings (SSSR count). The molecule has 6 nitrogen and oxygen atoms in total. The molecule has 0 radical (unpaired) electrons. The molecule has 0 aromatic heterocycles. The zero-order valence-electron chi connectivity index (χ0n) is 13.4. The summed E-state index contributed by atoms with van der Waals surface area (Å²) in [5.74, 6) is 0.955. The highest BCUT2D eigenvalue weighted by atomic mass is 35.7. The Morgan fingerprint density at radius 1 is 1.00 bits per heavy atom. The molecule has 0 aromatic carbocycles. The van der Waals surface area contributed by atoms with E-state index in [2.05, 4.69) is 41.5 Å². The van der Waals surface area contributed by atoms with Crippen LogP contribution in [0, 0.1) is 26.5 Å². The molecule has 1 N–H and O–H groups in total. The van der Waals surface area contributed by atoms with Crippen LogP contribution in [0.1, 0.15) is 41.5 Å². The number of ether oxygens (including phenoxy) is 1. The number of halogens is 1. The minimum absolute atomic E-state index is 0.0497. The van der Waals surface area contributed by atoms with Crippen LogP contribution in [0.25, 0.3) is 0 Å². The number of fused-ring (bicyclic) bond motifs is 1. The normalized spacial score (nSPS) is 46.7. The Morgan fingerprint density at radius 3 is 1.71 bits per heavy atom. The molecule has 0 bridgehead atoms. The van der Waals surface area contributed by atoms with Gasteiger partial charge in [-0.05, 0) is 33.3 Å². The Hall–Kier alpha value is -0.660. The van der Waals surface area contributed by atoms with E-state index in [1.807, 2.05) is 0 Å². The summed E-state index contributed by atoms with van der Waals surface area (Å²) in [6.07, 6.45) is 0. The number of nitrogens with zero attached hydrogens (tertiary/aromatic N) is 1. The first-order valence-corrected chi connectivity index (χ1v) is 7.96. The lowest BCUT2D eigenvalue weighted by molar-refractivity contribution is -1.92. The van der Waals surface area contributed by atoms with Gasteiger partial charge in [-0.15, -0.1) is 0 Å². The second-order valence-corrected chi connectivity index (χ2v) is 7.51. The molecule has 4 atom stereocenters. The Bertz CT molecular complexity index is 562. The smallest absolute Gasteiger partial charge is 0.191 e. The van der Waals surface area contributed by atoms with E-state index in [9.17, 15) is 0 Å². The monoisotopic (exact) mass is 319 g/mol. The Balaban J connectivity index is 0.000000282. The van der Waals surface area contributed by atoms with Crippen LogP contribution in [0.4, 0.5) is 0 Å². The quantitative estimate of drug-likeness (QED) is 0.579. The highest BCUT2D eigenvalue weighted by molar-refractivity contribution is 5.96. The van der Waals surface area contributed by atoms with Gasteiger partial charge in [-0.2, -0.15) is 14.0 Å². The highest BCUT2D eigenvalue weighted by Gasteiger charge is 2.94. The molecule has 0 saturated heterocycles. The molecule has 1 aliphatic heterocycles. The maximum absolute atomic E-state index is 8.60. The number of hydrogen-bond acceptors (Lipinski definition) is 6. The summed E-state index contributed by atoms with van der Waals surface area (Å²) >= 11 is 0. The second-order valence-electron chi connectivity index (χ2n) is 6.71. The van der Waals surface area contributed by atoms with Gasteiger partial charge in [0.2, 0.25) is 0 Å². The molecule has 1 fully saturated rings. The molecule has 1 heterocycles. The van der Waals surface area contributed by atoms with E-state index < -0.39 is 10.2 Å². The van der Waals surface area contributed by atoms with Gasteiger partial charge in [0, 0.05) is 10.8 Å². The molecule has 2 aliphatic carbocycles. The van der Waals surface area contributed by atoms with Gasteiger partial charge in [-0.1, -0.05) is 19.4 Å². The Kier molecular flexibility index (Phi) is 3.18. The topological polar surface area (TPSA) is 111 Å². The lowest BCUT2D eigenvalue weighted by Crippen LogP contribution is -2.58. The van der Waals surface area contributed by atoms with E-state index in [4.69, 9.17) is 28.4 Å². The first-order chi connectivity index (χ1) is 9.23. The zero-order chi connectivity index (χ0) is 16.6. The maximum Gasteiger partial charge on any atom is 0.191 e. The van der Waals surface area contributed by atoms with E-state index in [0.717, 1.165) is 5.90 Å². The molecular weight excluding hydrogens is 298 g/mol. The fourth-order valence-corrected chi connectivity index (χ4v) is 5.15. The largest absolute Gasteiger partial charge is 0.484 e. The molecule has 0 spiro atoms. The predicted molar refractivity (Wildman–Crippen MR) is 67.8 cm³/mol. The van der Waals surface area contributed by atoms with Crippen molar-refractivity contribution >= 4 is 5.90 Å². The molecule has 7 heteroatoms. The molecule has 0 amide bonds. The number of methoxy groups -OCH3 is 1. The van der Waals surface area contributed by atoms with Crippen LogP contribution in [0.3, 0.4) is 0 Å². The average molecular weight is 320 g/mol. The zero-order valence-corrected chi connectivity index (χ0v) is 14.2. The first kappa shape index (κ1) is 16.7. The lowest BCUT2D eigenvalue weighted by Gasteiger charge is -2.28. The van der Waals surface area contributed by atoms with Crippen LogP contribution in [-0.2, 0) is 4.74 Å². The minimum atomic E-state index is -4.69. The Morgan fingerprint density at radius 2 is 1.43 bits per heavy atom. The minimum Gasteiger partial charge on any atom is -0.484 e. The van der Waals surface area contributed by atoms with Crippen LogP contribution in [0.15, 0.2) is 16.1 Å². The Labute approximate surface area is 126 Å². The standard InChI is InChI=1S/C14H21NO.ClHO4/c1-8-9(2)13(5)14(6)11(8,3)12(14,4)10(15-13)16-7;2-1(3,4)5/h1-7H3;(H,2,3,4,5). The van der Waals surface area contributed by atoms with Crippen molar-refractivity contribution in [3.63, 3.8) is 0 Å². The number of aliphatic imine (C=N–C) groups is 1. The fourth-order valence-electron chi connectivity index (χ4n) is 5.15. The van der Waals surface area contributed by atoms with Crippen molar-refractivity contribution in [2.45, 2.75) is 47.1 Å². The third kappa shape index (κ3) is 1.50. The lowest BCUT2D eigenvalue weighted by atomic mass is 9.78. The first-order valence-electron chi connectivity index (χ1n) is 6.69. The van der Waals surface area contributed by atoms with Gasteiger partial charge in [0.05, 0.1) is 33.0 Å². The molecule has 120 valence electrons. The van der Waals surface area contributed by atoms with Gasteiger partial charge in [0.15, 0.2) is 5.90 Å². The van der Waals surface area contributed by atoms with Crippen molar-refractivity contribution < 1.29 is 33.6 Å². The van der Waals surface area contributed by atoms with E-state index in [1.54, 1.807) is 7.11 Å². The van der Waals surface area contributed by atoms with Gasteiger partial charge in [0.1, 0.15) is 0 Å². The van der Waals surface area contributed by atoms with Gasteiger partial charge < -0.3 is 4.74 Å². The van der Waals surface area contributed by atoms with Crippen LogP contribution in [0.2, 0.25) is 0 Å². The van der Waals surface area contributed by atoms with Crippen molar-refractivity contribution in [1.82, 2.24) is 0 Å². The number of hydrogen-bond donors (Lipinski definition) is 1. The fraction of sp³-hybridized carbons (Fsp3) is 0.786. The van der Waals surface area contributed by atoms with Crippen molar-refractivity contribution in [3.05, 3.63) is 11.1 Å². The van der Waals surface area contributed by atoms with Gasteiger partial charge in [-0.25, -0.2) is 4.99 Å². The summed E-state index contributed by atoms with van der Waals surface area (Å²) in [7, 11) is -2.94. The van der Waals surface area contributed by atoms with E-state index in [-0.39, 0.29) is 21.8 Å². The number of allylic oxidation sites excluding steroid dienone is 1. The molecule has 4 unspecified atom stereocenters. The van der Waals surface area contributed by atoms with Crippen LogP contribution in [-0.4, -0.2) is 23.2 Å². The van der Waals surface area contributed by atoms with Crippen LogP contribution >= 0.6 is 0 Å². The van der Waals surface area contributed by atoms with E-state index in [0.29, 0.717) is 0 Å². The van der Waals surface area contributed by atoms with Crippen molar-refractivity contribution in [2.75, 3.05) is 7.11 Å². The summed E-state index contributed by atoms with van der Waals surface area (Å²) in [6.45, 7) is 13.9. The third-order valence-electron chi connectivity index (χ3n) is 6.90. The van der Waals surface area contributed by atoms with Gasteiger partial charge in [0.25, 0.3) is 0 Å². The highest BCUT2D eigenvalue weighted by Crippen LogP contribution is 2.92. The second kappa shape index (κ2) is 4.00. The summed E-state index contributed by atoms with van der Waals surface area (Å²) in [5.41, 5.74) is 3.48. The maximum atomic E-state index is 8.60. The van der Waals surface area contributed by atoms with Crippen LogP contribution in [0.5, 0.6) is 0 Å². The molecule has 3 aliphatic rings. The summed E-state index contributed by atoms with van der Waals surface area (Å²) < 4.78 is 38.3. The van der Waals surface area contributed by atoms with Crippen molar-refractivity contribution in [3.8, 4) is 0 Å². The van der Waals surface area contributed by atoms with E-state index >= 15 is 0 Å². The molecular formula is C14H22ClNO5. The van der Waals surface area contributed by atoms with Gasteiger partial charge in [-0.3, -0.25) is 0 Å². The summed E-state index contributed by atoms with van der Waals surface area (Å²) in [6, 6.07) is 0. The van der Waals surface area contributed by atoms with Crippen molar-refractivity contribution in [2.24, 2.45) is 21.2 Å². The molecule has 21 heavy (non-hydrogen) atoms. The van der Waals surface area contributed by atoms with E-state index in [1.165, 1.54) is 11.1 Å². The molecule has 0 aromatic rings. The van der Waals surface area contributed by atoms with Crippen molar-refractivity contribution in [1.29, 1.82) is 0 Å². The summed E-state index contributed by atoms with van der Waals surface area (Å²) in [5, 5.41) is 0. The SMILES string of the molecule is COC1=NC2(C)C(C)=C(C)C3(C)C1(C)C23C.[O-][Cl+3]([O-])([O-])O. The van der Waals surface area contributed by atoms with Gasteiger partial charge >= 0.3 is 0 Å². The number of rotatable bonds is 0. The predicted octanol–water partition coefficient (Wildman–Crippen LogP) is -0.938. The summed E-state index contributed by atoms with van der Waals surface area (Å²) in [4.78, 5) is 4.89.